The number of carbonyl (C=O) groups excluding carboxylic acids is 1. The third-order valence-electron chi connectivity index (χ3n) is 3.03. The molecule has 2 aromatic rings. The summed E-state index contributed by atoms with van der Waals surface area (Å²) in [7, 11) is 0. The fourth-order valence-corrected chi connectivity index (χ4v) is 1.82. The number of nitrogen functional groups attached to an aromatic ring is 1. The molecular weight excluding hydrogens is 254 g/mol. The molecule has 0 aliphatic carbocycles. The first-order chi connectivity index (χ1) is 9.60. The summed E-state index contributed by atoms with van der Waals surface area (Å²) in [6.45, 7) is 0.597. The predicted octanol–water partition coefficient (Wildman–Crippen LogP) is 1.47. The Hall–Kier alpha value is -2.53. The van der Waals surface area contributed by atoms with Gasteiger partial charge in [0.25, 0.3) is 0 Å². The van der Waals surface area contributed by atoms with Crippen LogP contribution in [-0.4, -0.2) is 11.0 Å². The van der Waals surface area contributed by atoms with E-state index in [0.717, 1.165) is 11.1 Å². The number of anilines is 2. The summed E-state index contributed by atoms with van der Waals surface area (Å²) in [6.07, 6.45) is 0. The Morgan fingerprint density at radius 3 is 2.35 bits per heavy atom. The molecule has 0 unspecified atom stereocenters. The van der Waals surface area contributed by atoms with Gasteiger partial charge in [-0.15, -0.1) is 0 Å². The third-order valence-corrected chi connectivity index (χ3v) is 3.03. The van der Waals surface area contributed by atoms with E-state index in [1.807, 2.05) is 24.3 Å². The Morgan fingerprint density at radius 2 is 1.75 bits per heavy atom. The van der Waals surface area contributed by atoms with E-state index in [4.69, 9.17) is 16.6 Å². The molecule has 0 saturated carbocycles. The van der Waals surface area contributed by atoms with Crippen molar-refractivity contribution in [3.05, 3.63) is 59.2 Å². The van der Waals surface area contributed by atoms with Gasteiger partial charge in [-0.2, -0.15) is 0 Å². The molecule has 104 valence electrons. The number of primary amides is 1. The second kappa shape index (κ2) is 6.08. The lowest BCUT2D eigenvalue weighted by molar-refractivity contribution is 0.100. The van der Waals surface area contributed by atoms with Gasteiger partial charge in [-0.05, 0) is 29.3 Å². The van der Waals surface area contributed by atoms with Crippen LogP contribution in [0.25, 0.3) is 0 Å². The molecule has 1 amide bonds. The second-order valence-corrected chi connectivity index (χ2v) is 4.49. The summed E-state index contributed by atoms with van der Waals surface area (Å²) in [5.41, 5.74) is 14.6. The van der Waals surface area contributed by atoms with E-state index in [-0.39, 0.29) is 6.61 Å². The molecule has 0 spiro atoms. The van der Waals surface area contributed by atoms with Crippen LogP contribution in [0, 0.1) is 0 Å². The SMILES string of the molecule is NC(=O)c1ccc(N)c(NCc2ccc(CO)cc2)c1. The molecule has 2 rings (SSSR count). The van der Waals surface area contributed by atoms with Crippen molar-refractivity contribution in [1.82, 2.24) is 0 Å². The van der Waals surface area contributed by atoms with Crippen molar-refractivity contribution in [2.24, 2.45) is 5.73 Å². The van der Waals surface area contributed by atoms with E-state index >= 15 is 0 Å². The first-order valence-corrected chi connectivity index (χ1v) is 6.22. The fraction of sp³-hybridized carbons (Fsp3) is 0.133. The zero-order valence-corrected chi connectivity index (χ0v) is 11.0. The summed E-state index contributed by atoms with van der Waals surface area (Å²) < 4.78 is 0. The summed E-state index contributed by atoms with van der Waals surface area (Å²) >= 11 is 0. The number of hydrogen-bond acceptors (Lipinski definition) is 4. The number of rotatable bonds is 5. The van der Waals surface area contributed by atoms with Crippen LogP contribution in [0.3, 0.4) is 0 Å². The average Bonchev–Trinajstić information content (AvgIpc) is 2.46. The minimum atomic E-state index is -0.486. The van der Waals surface area contributed by atoms with E-state index in [1.165, 1.54) is 0 Å². The Labute approximate surface area is 117 Å². The number of hydrogen-bond donors (Lipinski definition) is 4. The van der Waals surface area contributed by atoms with Gasteiger partial charge >= 0.3 is 0 Å². The molecule has 0 fully saturated rings. The Balaban J connectivity index is 2.09. The van der Waals surface area contributed by atoms with Crippen molar-refractivity contribution in [2.45, 2.75) is 13.2 Å². The van der Waals surface area contributed by atoms with Crippen LogP contribution in [0.4, 0.5) is 11.4 Å². The summed E-state index contributed by atoms with van der Waals surface area (Å²) in [6, 6.07) is 12.5. The highest BCUT2D eigenvalue weighted by Crippen LogP contribution is 2.20. The standard InChI is InChI=1S/C15H17N3O2/c16-13-6-5-12(15(17)20)7-14(13)18-8-10-1-3-11(9-19)4-2-10/h1-7,18-19H,8-9,16H2,(H2,17,20). The molecule has 0 aliphatic rings. The maximum atomic E-state index is 11.1. The summed E-state index contributed by atoms with van der Waals surface area (Å²) in [5.74, 6) is -0.486. The smallest absolute Gasteiger partial charge is 0.248 e. The molecular formula is C15H17N3O2. The first kappa shape index (κ1) is 13.9. The number of benzene rings is 2. The zero-order valence-electron chi connectivity index (χ0n) is 11.0. The van der Waals surface area contributed by atoms with Crippen molar-refractivity contribution in [1.29, 1.82) is 0 Å². The van der Waals surface area contributed by atoms with Crippen LogP contribution < -0.4 is 16.8 Å². The third kappa shape index (κ3) is 3.27. The minimum absolute atomic E-state index is 0.0291. The van der Waals surface area contributed by atoms with Crippen LogP contribution in [0.1, 0.15) is 21.5 Å². The molecule has 0 saturated heterocycles. The number of amides is 1. The number of nitrogens with one attached hydrogen (secondary N) is 1. The monoisotopic (exact) mass is 271 g/mol. The molecule has 0 bridgehead atoms. The van der Waals surface area contributed by atoms with Gasteiger partial charge in [-0.25, -0.2) is 0 Å². The van der Waals surface area contributed by atoms with Gasteiger partial charge in [0.2, 0.25) is 5.91 Å². The van der Waals surface area contributed by atoms with Crippen molar-refractivity contribution in [3.63, 3.8) is 0 Å². The van der Waals surface area contributed by atoms with E-state index in [2.05, 4.69) is 5.32 Å². The van der Waals surface area contributed by atoms with Gasteiger partial charge in [0, 0.05) is 12.1 Å². The molecule has 2 aromatic carbocycles. The molecule has 5 nitrogen and oxygen atoms in total. The van der Waals surface area contributed by atoms with Gasteiger partial charge < -0.3 is 21.9 Å². The van der Waals surface area contributed by atoms with Crippen molar-refractivity contribution >= 4 is 17.3 Å². The highest BCUT2D eigenvalue weighted by molar-refractivity contribution is 5.94. The Bertz CT molecular complexity index is 609. The molecule has 0 atom stereocenters. The molecule has 0 aromatic heterocycles. The largest absolute Gasteiger partial charge is 0.397 e. The quantitative estimate of drug-likeness (QED) is 0.618. The zero-order chi connectivity index (χ0) is 14.5. The number of carbonyl (C=O) groups is 1. The second-order valence-electron chi connectivity index (χ2n) is 4.49. The first-order valence-electron chi connectivity index (χ1n) is 6.22. The predicted molar refractivity (Wildman–Crippen MR) is 79.1 cm³/mol. The van der Waals surface area contributed by atoms with Gasteiger partial charge in [0.05, 0.1) is 18.0 Å². The number of nitrogens with two attached hydrogens (primary N) is 2. The highest BCUT2D eigenvalue weighted by Gasteiger charge is 2.05. The minimum Gasteiger partial charge on any atom is -0.397 e. The van der Waals surface area contributed by atoms with E-state index in [9.17, 15) is 4.79 Å². The Morgan fingerprint density at radius 1 is 1.10 bits per heavy atom. The molecule has 0 aliphatic heterocycles. The van der Waals surface area contributed by atoms with Gasteiger partial charge in [-0.1, -0.05) is 24.3 Å². The molecule has 0 radical (unpaired) electrons. The van der Waals surface area contributed by atoms with Gasteiger partial charge in [0.1, 0.15) is 0 Å². The lowest BCUT2D eigenvalue weighted by atomic mass is 10.1. The topological polar surface area (TPSA) is 101 Å². The van der Waals surface area contributed by atoms with Crippen LogP contribution in [0.15, 0.2) is 42.5 Å². The van der Waals surface area contributed by atoms with E-state index in [1.54, 1.807) is 18.2 Å². The number of aliphatic hydroxyl groups is 1. The van der Waals surface area contributed by atoms with Crippen molar-refractivity contribution < 1.29 is 9.90 Å². The van der Waals surface area contributed by atoms with Gasteiger partial charge in [-0.3, -0.25) is 4.79 Å². The average molecular weight is 271 g/mol. The highest BCUT2D eigenvalue weighted by atomic mass is 16.3. The normalized spacial score (nSPS) is 10.2. The molecule has 20 heavy (non-hydrogen) atoms. The van der Waals surface area contributed by atoms with Crippen molar-refractivity contribution in [2.75, 3.05) is 11.1 Å². The molecule has 0 heterocycles. The van der Waals surface area contributed by atoms with E-state index in [0.29, 0.717) is 23.5 Å². The number of aliphatic hydroxyl groups excluding tert-OH is 1. The van der Waals surface area contributed by atoms with Gasteiger partial charge in [0.15, 0.2) is 0 Å². The summed E-state index contributed by atoms with van der Waals surface area (Å²) in [5, 5.41) is 12.1. The van der Waals surface area contributed by atoms with Crippen LogP contribution >= 0.6 is 0 Å². The Kier molecular flexibility index (Phi) is 4.22. The van der Waals surface area contributed by atoms with Crippen molar-refractivity contribution in [3.8, 4) is 0 Å². The maximum Gasteiger partial charge on any atom is 0.248 e. The molecule has 5 heteroatoms. The van der Waals surface area contributed by atoms with Crippen LogP contribution in [-0.2, 0) is 13.2 Å². The lowest BCUT2D eigenvalue weighted by Gasteiger charge is -2.11. The fourth-order valence-electron chi connectivity index (χ4n) is 1.82. The van der Waals surface area contributed by atoms with Crippen LogP contribution in [0.5, 0.6) is 0 Å². The maximum absolute atomic E-state index is 11.1. The lowest BCUT2D eigenvalue weighted by Crippen LogP contribution is -2.12. The molecule has 6 N–H and O–H groups in total. The van der Waals surface area contributed by atoms with Crippen LogP contribution in [0.2, 0.25) is 0 Å². The summed E-state index contributed by atoms with van der Waals surface area (Å²) in [4.78, 5) is 11.1. The van der Waals surface area contributed by atoms with E-state index < -0.39 is 5.91 Å².